The molecule has 2 saturated heterocycles. The van der Waals surface area contributed by atoms with Gasteiger partial charge in [-0.1, -0.05) is 29.8 Å². The minimum absolute atomic E-state index is 0.200. The van der Waals surface area contributed by atoms with Crippen LogP contribution in [-0.4, -0.2) is 59.1 Å². The minimum Gasteiger partial charge on any atom is -0.504 e. The maximum absolute atomic E-state index is 13.6. The van der Waals surface area contributed by atoms with Crippen LogP contribution in [0.4, 0.5) is 5.69 Å². The van der Waals surface area contributed by atoms with Crippen LogP contribution in [0.1, 0.15) is 17.5 Å². The van der Waals surface area contributed by atoms with Gasteiger partial charge in [-0.2, -0.15) is 0 Å². The van der Waals surface area contributed by atoms with Gasteiger partial charge in [0, 0.05) is 31.9 Å². The third-order valence-corrected chi connectivity index (χ3v) is 7.33. The van der Waals surface area contributed by atoms with Gasteiger partial charge in [-0.25, -0.2) is 0 Å². The zero-order valence-electron chi connectivity index (χ0n) is 18.4. The summed E-state index contributed by atoms with van der Waals surface area (Å²) in [5, 5.41) is 26.1. The second-order valence-electron chi connectivity index (χ2n) is 8.88. The fourth-order valence-corrected chi connectivity index (χ4v) is 5.79. The van der Waals surface area contributed by atoms with Crippen molar-refractivity contribution in [2.24, 2.45) is 11.8 Å². The van der Waals surface area contributed by atoms with Gasteiger partial charge in [0.25, 0.3) is 0 Å². The number of methoxy groups -OCH3 is 1. The van der Waals surface area contributed by atoms with Crippen LogP contribution in [0, 0.1) is 11.8 Å². The number of nitrogens with zero attached hydrogens (tertiary/aromatic N) is 1. The summed E-state index contributed by atoms with van der Waals surface area (Å²) in [7, 11) is 1.55. The van der Waals surface area contributed by atoms with Gasteiger partial charge in [-0.15, -0.1) is 0 Å². The third kappa shape index (κ3) is 3.19. The number of benzene rings is 2. The van der Waals surface area contributed by atoms with Crippen LogP contribution in [0.15, 0.2) is 36.4 Å². The molecule has 3 amide bonds. The molecule has 2 aromatic carbocycles. The number of halogens is 1. The maximum Gasteiger partial charge on any atom is 0.250 e. The normalized spacial score (nSPS) is 27.4. The number of carbonyl (C=O) groups is 3. The molecule has 3 heterocycles. The molecule has 4 atom stereocenters. The summed E-state index contributed by atoms with van der Waals surface area (Å²) in [5.41, 5.74) is 0.167. The molecule has 178 valence electrons. The molecule has 3 aliphatic heterocycles. The van der Waals surface area contributed by atoms with Crippen LogP contribution in [0.3, 0.4) is 0 Å². The SMILES string of the molecule is COCCCN1C(=O)[C@H]2[C@@H](C1=O)[C@]1(N[C@@H]2Cc2ccc(O)c(O)c2)C(=O)Nc2c(Cl)cccc21. The van der Waals surface area contributed by atoms with Crippen molar-refractivity contribution >= 4 is 35.0 Å². The lowest BCUT2D eigenvalue weighted by atomic mass is 9.76. The summed E-state index contributed by atoms with van der Waals surface area (Å²) in [6, 6.07) is 8.94. The molecule has 0 aromatic heterocycles. The molecule has 9 nitrogen and oxygen atoms in total. The number of anilines is 1. The van der Waals surface area contributed by atoms with Crippen LogP contribution < -0.4 is 10.6 Å². The monoisotopic (exact) mass is 485 g/mol. The Morgan fingerprint density at radius 1 is 1.12 bits per heavy atom. The largest absolute Gasteiger partial charge is 0.504 e. The minimum atomic E-state index is -1.45. The van der Waals surface area contributed by atoms with Gasteiger partial charge < -0.3 is 20.3 Å². The van der Waals surface area contributed by atoms with E-state index in [1.165, 1.54) is 17.0 Å². The van der Waals surface area contributed by atoms with Crippen LogP contribution in [0.2, 0.25) is 5.02 Å². The molecule has 34 heavy (non-hydrogen) atoms. The zero-order valence-corrected chi connectivity index (χ0v) is 19.1. The first-order chi connectivity index (χ1) is 16.3. The molecule has 5 rings (SSSR count). The average Bonchev–Trinajstić information content (AvgIpc) is 3.38. The van der Waals surface area contributed by atoms with Crippen molar-refractivity contribution in [2.45, 2.75) is 24.4 Å². The second-order valence-corrected chi connectivity index (χ2v) is 9.29. The van der Waals surface area contributed by atoms with Crippen molar-refractivity contribution in [1.29, 1.82) is 0 Å². The van der Waals surface area contributed by atoms with Crippen LogP contribution >= 0.6 is 11.6 Å². The summed E-state index contributed by atoms with van der Waals surface area (Å²) in [4.78, 5) is 41.8. The summed E-state index contributed by atoms with van der Waals surface area (Å²) >= 11 is 6.35. The molecule has 0 radical (unpaired) electrons. The number of aromatic hydroxyl groups is 2. The van der Waals surface area contributed by atoms with Gasteiger partial charge in [-0.3, -0.25) is 24.6 Å². The highest BCUT2D eigenvalue weighted by molar-refractivity contribution is 6.35. The predicted octanol–water partition coefficient (Wildman–Crippen LogP) is 1.75. The second kappa shape index (κ2) is 8.26. The smallest absolute Gasteiger partial charge is 0.250 e. The Balaban J connectivity index is 1.58. The number of amides is 3. The van der Waals surface area contributed by atoms with Gasteiger partial charge in [0.05, 0.1) is 22.5 Å². The number of hydrogen-bond acceptors (Lipinski definition) is 7. The fraction of sp³-hybridized carbons (Fsp3) is 0.375. The number of imide groups is 1. The van der Waals surface area contributed by atoms with Crippen molar-refractivity contribution < 1.29 is 29.3 Å². The molecule has 10 heteroatoms. The van der Waals surface area contributed by atoms with Gasteiger partial charge in [0.2, 0.25) is 17.7 Å². The Morgan fingerprint density at radius 2 is 1.91 bits per heavy atom. The van der Waals surface area contributed by atoms with Crippen molar-refractivity contribution in [1.82, 2.24) is 10.2 Å². The van der Waals surface area contributed by atoms with E-state index in [2.05, 4.69) is 10.6 Å². The van der Waals surface area contributed by atoms with E-state index in [1.807, 2.05) is 0 Å². The van der Waals surface area contributed by atoms with E-state index in [0.717, 1.165) is 0 Å². The number of fused-ring (bicyclic) bond motifs is 4. The molecule has 0 saturated carbocycles. The molecule has 4 N–H and O–H groups in total. The van der Waals surface area contributed by atoms with Crippen molar-refractivity contribution in [3.05, 3.63) is 52.5 Å². The van der Waals surface area contributed by atoms with Crippen molar-refractivity contribution in [3.8, 4) is 11.5 Å². The van der Waals surface area contributed by atoms with Crippen LogP contribution in [0.25, 0.3) is 0 Å². The van der Waals surface area contributed by atoms with Crippen LogP contribution in [-0.2, 0) is 31.1 Å². The van der Waals surface area contributed by atoms with Gasteiger partial charge in [-0.05, 0) is 36.6 Å². The van der Waals surface area contributed by atoms with E-state index in [0.29, 0.717) is 34.9 Å². The van der Waals surface area contributed by atoms with E-state index in [9.17, 15) is 24.6 Å². The lowest BCUT2D eigenvalue weighted by molar-refractivity contribution is -0.143. The summed E-state index contributed by atoms with van der Waals surface area (Å²) in [6.45, 7) is 0.594. The highest BCUT2D eigenvalue weighted by Crippen LogP contribution is 2.54. The Labute approximate surface area is 200 Å². The number of phenols is 2. The van der Waals surface area contributed by atoms with Gasteiger partial charge >= 0.3 is 0 Å². The molecule has 1 spiro atoms. The predicted molar refractivity (Wildman–Crippen MR) is 122 cm³/mol. The number of ether oxygens (including phenoxy) is 1. The Morgan fingerprint density at radius 3 is 2.65 bits per heavy atom. The highest BCUT2D eigenvalue weighted by Gasteiger charge is 2.70. The summed E-state index contributed by atoms with van der Waals surface area (Å²) < 4.78 is 5.07. The van der Waals surface area contributed by atoms with E-state index in [1.54, 1.807) is 31.4 Å². The molecular weight excluding hydrogens is 462 g/mol. The number of phenolic OH excluding ortho intramolecular Hbond substituents is 2. The van der Waals surface area contributed by atoms with E-state index in [4.69, 9.17) is 16.3 Å². The quantitative estimate of drug-likeness (QED) is 0.279. The lowest BCUT2D eigenvalue weighted by Gasteiger charge is -2.29. The Kier molecular flexibility index (Phi) is 5.50. The molecule has 3 aliphatic rings. The number of nitrogens with one attached hydrogen (secondary N) is 2. The average molecular weight is 486 g/mol. The molecule has 0 bridgehead atoms. The maximum atomic E-state index is 13.6. The zero-order chi connectivity index (χ0) is 24.2. The van der Waals surface area contributed by atoms with Crippen LogP contribution in [0.5, 0.6) is 11.5 Å². The van der Waals surface area contributed by atoms with E-state index < -0.39 is 35.2 Å². The molecule has 2 aromatic rings. The molecule has 0 unspecified atom stereocenters. The van der Waals surface area contributed by atoms with Gasteiger partial charge in [0.15, 0.2) is 11.5 Å². The Hall–Kier alpha value is -3.14. The highest BCUT2D eigenvalue weighted by atomic mass is 35.5. The third-order valence-electron chi connectivity index (χ3n) is 7.02. The summed E-state index contributed by atoms with van der Waals surface area (Å²) in [5.74, 6) is -3.45. The lowest BCUT2D eigenvalue weighted by Crippen LogP contribution is -2.53. The van der Waals surface area contributed by atoms with E-state index >= 15 is 0 Å². The Bertz CT molecular complexity index is 1200. The number of carbonyl (C=O) groups excluding carboxylic acids is 3. The molecule has 2 fully saturated rings. The standard InChI is InChI=1S/C24H24ClN3O6/c1-34-9-3-8-28-21(31)18-15(10-12-6-7-16(29)17(30)11-12)27-24(19(18)22(28)32)13-4-2-5-14(25)20(13)26-23(24)33/h2,4-7,11,15,18-19,27,29-30H,3,8-10H2,1H3,(H,26,33)/t15-,18-,19+,24+/m1/s1. The number of likely N-dealkylation sites (tertiary alicyclic amines) is 1. The number of para-hydroxylation sites is 1. The fourth-order valence-electron chi connectivity index (χ4n) is 5.57. The molecule has 0 aliphatic carbocycles. The molecular formula is C24H24ClN3O6. The van der Waals surface area contributed by atoms with Crippen molar-refractivity contribution in [3.63, 3.8) is 0 Å². The first-order valence-corrected chi connectivity index (χ1v) is 11.4. The van der Waals surface area contributed by atoms with E-state index in [-0.39, 0.29) is 30.4 Å². The van der Waals surface area contributed by atoms with Gasteiger partial charge in [0.1, 0.15) is 5.54 Å². The first kappa shape index (κ1) is 22.6. The first-order valence-electron chi connectivity index (χ1n) is 11.0. The topological polar surface area (TPSA) is 128 Å². The number of hydrogen-bond donors (Lipinski definition) is 4. The summed E-state index contributed by atoms with van der Waals surface area (Å²) in [6.07, 6.45) is 0.740. The van der Waals surface area contributed by atoms with Crippen molar-refractivity contribution in [2.75, 3.05) is 25.6 Å². The number of rotatable bonds is 6.